The van der Waals surface area contributed by atoms with E-state index in [1.807, 2.05) is 4.90 Å². The van der Waals surface area contributed by atoms with Gasteiger partial charge in [-0.3, -0.25) is 0 Å². The highest BCUT2D eigenvalue weighted by molar-refractivity contribution is 7.88. The number of nitrogens with zero attached hydrogens (tertiary/aromatic N) is 1. The zero-order valence-electron chi connectivity index (χ0n) is 12.1. The van der Waals surface area contributed by atoms with Gasteiger partial charge >= 0.3 is 15.6 Å². The molecule has 1 fully saturated rings. The minimum atomic E-state index is -5.80. The molecular weight excluding hydrogens is 373 g/mol. The first kappa shape index (κ1) is 17.2. The van der Waals surface area contributed by atoms with Crippen LogP contribution in [0.15, 0.2) is 22.8 Å². The molecule has 1 aromatic heterocycles. The smallest absolute Gasteiger partial charge is 0.462 e. The lowest BCUT2D eigenvalue weighted by Crippen LogP contribution is -2.43. The van der Waals surface area contributed by atoms with Crippen molar-refractivity contribution in [3.63, 3.8) is 0 Å². The summed E-state index contributed by atoms with van der Waals surface area (Å²) >= 11 is 5.90. The molecule has 0 unspecified atom stereocenters. The molecule has 1 N–H and O–H groups in total. The number of rotatable bonds is 3. The Hall–Kier alpha value is -1.65. The van der Waals surface area contributed by atoms with Crippen molar-refractivity contribution in [1.82, 2.24) is 5.32 Å². The molecular formula is C13H12ClF3N2O4S. The van der Waals surface area contributed by atoms with Crippen LogP contribution in [0.3, 0.4) is 0 Å². The average molecular weight is 385 g/mol. The minimum absolute atomic E-state index is 0.181. The molecule has 0 bridgehead atoms. The predicted molar refractivity (Wildman–Crippen MR) is 81.9 cm³/mol. The van der Waals surface area contributed by atoms with E-state index in [1.165, 1.54) is 12.3 Å². The van der Waals surface area contributed by atoms with Crippen molar-refractivity contribution in [2.24, 2.45) is 0 Å². The van der Waals surface area contributed by atoms with E-state index in [9.17, 15) is 21.6 Å². The van der Waals surface area contributed by atoms with E-state index in [4.69, 9.17) is 16.0 Å². The van der Waals surface area contributed by atoms with E-state index in [0.717, 1.165) is 37.9 Å². The Bertz CT molecular complexity index is 860. The Balaban J connectivity index is 1.97. The fourth-order valence-corrected chi connectivity index (χ4v) is 3.11. The number of piperazine rings is 1. The normalized spacial score (nSPS) is 16.6. The third-order valence-electron chi connectivity index (χ3n) is 3.55. The van der Waals surface area contributed by atoms with Crippen molar-refractivity contribution < 1.29 is 30.2 Å². The van der Waals surface area contributed by atoms with E-state index in [0.29, 0.717) is 5.39 Å². The van der Waals surface area contributed by atoms with Crippen LogP contribution in [0.5, 0.6) is 5.75 Å². The second kappa shape index (κ2) is 6.01. The lowest BCUT2D eigenvalue weighted by atomic mass is 10.2. The van der Waals surface area contributed by atoms with Gasteiger partial charge in [-0.25, -0.2) is 0 Å². The second-order valence-corrected chi connectivity index (χ2v) is 7.07. The maximum Gasteiger partial charge on any atom is 0.534 e. The van der Waals surface area contributed by atoms with E-state index in [-0.39, 0.29) is 10.6 Å². The van der Waals surface area contributed by atoms with Gasteiger partial charge in [-0.05, 0) is 6.07 Å². The summed E-state index contributed by atoms with van der Waals surface area (Å²) < 4.78 is 68.9. The number of nitrogens with one attached hydrogen (secondary N) is 1. The molecule has 6 nitrogen and oxygen atoms in total. The van der Waals surface area contributed by atoms with Gasteiger partial charge in [0.2, 0.25) is 0 Å². The number of hydrogen-bond donors (Lipinski definition) is 1. The molecule has 0 atom stereocenters. The highest BCUT2D eigenvalue weighted by atomic mass is 35.5. The summed E-state index contributed by atoms with van der Waals surface area (Å²) in [5.41, 5.74) is -4.63. The molecule has 1 aromatic carbocycles. The second-order valence-electron chi connectivity index (χ2n) is 5.12. The Morgan fingerprint density at radius 3 is 2.54 bits per heavy atom. The van der Waals surface area contributed by atoms with Gasteiger partial charge in [-0.15, -0.1) is 0 Å². The highest BCUT2D eigenvalue weighted by Crippen LogP contribution is 2.38. The zero-order valence-corrected chi connectivity index (χ0v) is 13.6. The molecule has 1 saturated heterocycles. The van der Waals surface area contributed by atoms with Crippen LogP contribution >= 0.6 is 11.6 Å². The van der Waals surface area contributed by atoms with Crippen molar-refractivity contribution in [2.45, 2.75) is 5.51 Å². The molecule has 0 spiro atoms. The van der Waals surface area contributed by atoms with Gasteiger partial charge in [-0.2, -0.15) is 21.6 Å². The monoisotopic (exact) mass is 384 g/mol. The van der Waals surface area contributed by atoms with Crippen LogP contribution in [0.25, 0.3) is 11.0 Å². The molecule has 11 heteroatoms. The Morgan fingerprint density at radius 2 is 1.92 bits per heavy atom. The molecule has 0 radical (unpaired) electrons. The molecule has 0 amide bonds. The summed E-state index contributed by atoms with van der Waals surface area (Å²) in [6.45, 7) is 3.02. The lowest BCUT2D eigenvalue weighted by Gasteiger charge is -2.28. The topological polar surface area (TPSA) is 71.8 Å². The van der Waals surface area contributed by atoms with E-state index < -0.39 is 21.4 Å². The summed E-state index contributed by atoms with van der Waals surface area (Å²) in [6, 6.07) is 2.37. The van der Waals surface area contributed by atoms with Crippen LogP contribution in [-0.2, 0) is 10.1 Å². The van der Waals surface area contributed by atoms with Gasteiger partial charge in [0.25, 0.3) is 0 Å². The van der Waals surface area contributed by atoms with Crippen LogP contribution in [0, 0.1) is 0 Å². The first-order valence-electron chi connectivity index (χ1n) is 6.86. The summed E-state index contributed by atoms with van der Waals surface area (Å²) in [6.07, 6.45) is 1.45. The maximum atomic E-state index is 12.4. The van der Waals surface area contributed by atoms with Crippen molar-refractivity contribution in [2.75, 3.05) is 31.1 Å². The molecule has 3 rings (SSSR count). The van der Waals surface area contributed by atoms with Crippen LogP contribution in [0.1, 0.15) is 0 Å². The Labute approximate surface area is 140 Å². The van der Waals surface area contributed by atoms with E-state index >= 15 is 0 Å². The Morgan fingerprint density at radius 1 is 1.25 bits per heavy atom. The van der Waals surface area contributed by atoms with Gasteiger partial charge in [0, 0.05) is 37.6 Å². The van der Waals surface area contributed by atoms with Crippen molar-refractivity contribution in [1.29, 1.82) is 0 Å². The molecule has 0 aliphatic carbocycles. The third-order valence-corrected chi connectivity index (χ3v) is 4.81. The first-order chi connectivity index (χ1) is 11.2. The van der Waals surface area contributed by atoms with Crippen molar-refractivity contribution >= 4 is 38.4 Å². The van der Waals surface area contributed by atoms with Gasteiger partial charge in [0.05, 0.1) is 10.7 Å². The number of halogens is 4. The minimum Gasteiger partial charge on any atom is -0.462 e. The predicted octanol–water partition coefficient (Wildman–Crippen LogP) is 2.72. The van der Waals surface area contributed by atoms with Crippen LogP contribution < -0.4 is 14.4 Å². The van der Waals surface area contributed by atoms with Crippen LogP contribution in [0.2, 0.25) is 5.02 Å². The molecule has 0 saturated carbocycles. The number of alkyl halides is 3. The largest absolute Gasteiger partial charge is 0.534 e. The number of furan rings is 1. The fraction of sp³-hybridized carbons (Fsp3) is 0.385. The quantitative estimate of drug-likeness (QED) is 0.648. The van der Waals surface area contributed by atoms with Gasteiger partial charge in [-0.1, -0.05) is 11.6 Å². The molecule has 2 heterocycles. The molecule has 132 valence electrons. The summed E-state index contributed by atoms with van der Waals surface area (Å²) in [5.74, 6) is -0.636. The third kappa shape index (κ3) is 3.13. The van der Waals surface area contributed by atoms with Crippen LogP contribution in [0.4, 0.5) is 18.9 Å². The number of benzene rings is 1. The Kier molecular flexibility index (Phi) is 4.30. The van der Waals surface area contributed by atoms with Gasteiger partial charge in [0.1, 0.15) is 11.8 Å². The highest BCUT2D eigenvalue weighted by Gasteiger charge is 2.48. The molecule has 2 aromatic rings. The fourth-order valence-electron chi connectivity index (χ4n) is 2.40. The van der Waals surface area contributed by atoms with Gasteiger partial charge < -0.3 is 18.8 Å². The molecule has 1 aliphatic heterocycles. The van der Waals surface area contributed by atoms with Crippen LogP contribution in [-0.4, -0.2) is 40.1 Å². The molecule has 1 aliphatic rings. The summed E-state index contributed by atoms with van der Waals surface area (Å²) in [4.78, 5) is 2.03. The van der Waals surface area contributed by atoms with Crippen molar-refractivity contribution in [3.05, 3.63) is 23.4 Å². The van der Waals surface area contributed by atoms with Crippen molar-refractivity contribution in [3.8, 4) is 5.75 Å². The maximum absolute atomic E-state index is 12.4. The first-order valence-corrected chi connectivity index (χ1v) is 8.65. The lowest BCUT2D eigenvalue weighted by molar-refractivity contribution is -0.0500. The number of hydrogen-bond acceptors (Lipinski definition) is 6. The average Bonchev–Trinajstić information content (AvgIpc) is 2.90. The summed E-state index contributed by atoms with van der Waals surface area (Å²) in [5, 5.41) is 3.51. The zero-order chi connectivity index (χ0) is 17.5. The summed E-state index contributed by atoms with van der Waals surface area (Å²) in [7, 11) is -5.80. The number of fused-ring (bicyclic) bond motifs is 1. The number of anilines is 1. The SMILES string of the molecule is O=S(=O)(Oc1cc2occ(N3CCNCC3)c2cc1Cl)C(F)(F)F. The molecule has 24 heavy (non-hydrogen) atoms. The van der Waals surface area contributed by atoms with E-state index in [1.54, 1.807) is 0 Å². The van der Waals surface area contributed by atoms with E-state index in [2.05, 4.69) is 9.50 Å². The van der Waals surface area contributed by atoms with Gasteiger partial charge in [0.15, 0.2) is 5.75 Å². The standard InChI is InChI=1S/C13H12ClF3N2O4S/c14-9-5-8-10(19-3-1-18-2-4-19)7-22-11(8)6-12(9)23-24(20,21)13(15,16)17/h5-7,18H,1-4H2.